The Kier molecular flexibility index (Phi) is 4.30. The molecule has 1 aliphatic rings. The van der Waals surface area contributed by atoms with E-state index >= 15 is 0 Å². The third-order valence-corrected chi connectivity index (χ3v) is 3.12. The van der Waals surface area contributed by atoms with Crippen molar-refractivity contribution in [3.63, 3.8) is 0 Å². The monoisotopic (exact) mass is 296 g/mol. The predicted octanol–water partition coefficient (Wildman–Crippen LogP) is 1.69. The summed E-state index contributed by atoms with van der Waals surface area (Å²) in [5, 5.41) is 2.11. The van der Waals surface area contributed by atoms with Crippen LogP contribution in [0.5, 0.6) is 0 Å². The molecule has 21 heavy (non-hydrogen) atoms. The number of carbonyl (C=O) groups is 3. The minimum absolute atomic E-state index is 0.0966. The highest BCUT2D eigenvalue weighted by molar-refractivity contribution is 6.22. The normalized spacial score (nSPS) is 13.3. The number of rotatable bonds is 5. The fraction of sp³-hybridized carbons (Fsp3) is 0.357. The second kappa shape index (κ2) is 5.99. The molecule has 5 nitrogen and oxygen atoms in total. The molecule has 0 saturated carbocycles. The number of amides is 3. The fourth-order valence-electron chi connectivity index (χ4n) is 2.20. The summed E-state index contributed by atoms with van der Waals surface area (Å²) in [5.41, 5.74) is 0.402. The van der Waals surface area contributed by atoms with Crippen molar-refractivity contribution in [1.29, 1.82) is 0 Å². The Morgan fingerprint density at radius 1 is 1.24 bits per heavy atom. The first-order valence-corrected chi connectivity index (χ1v) is 6.51. The van der Waals surface area contributed by atoms with Crippen LogP contribution in [0.3, 0.4) is 0 Å². The van der Waals surface area contributed by atoms with Crippen molar-refractivity contribution in [2.75, 3.05) is 13.1 Å². The number of alkyl halides is 2. The standard InChI is InChI=1S/C14H14F2N2O3/c1-2-5-18(7-11(15)16)14(21)8-3-4-9-10(6-8)13(20)17-12(9)19/h3-4,6,11H,2,5,7H2,1H3,(H,17,19,20). The molecule has 0 bridgehead atoms. The molecule has 2 rings (SSSR count). The zero-order valence-corrected chi connectivity index (χ0v) is 11.4. The van der Waals surface area contributed by atoms with Crippen LogP contribution in [-0.4, -0.2) is 42.1 Å². The molecular weight excluding hydrogens is 282 g/mol. The average Bonchev–Trinajstić information content (AvgIpc) is 2.72. The Balaban J connectivity index is 2.29. The molecule has 112 valence electrons. The lowest BCUT2D eigenvalue weighted by Gasteiger charge is -2.21. The molecule has 0 fully saturated rings. The van der Waals surface area contributed by atoms with Gasteiger partial charge < -0.3 is 4.90 Å². The van der Waals surface area contributed by atoms with Gasteiger partial charge >= 0.3 is 0 Å². The van der Waals surface area contributed by atoms with E-state index in [0.29, 0.717) is 6.42 Å². The summed E-state index contributed by atoms with van der Waals surface area (Å²) >= 11 is 0. The van der Waals surface area contributed by atoms with Gasteiger partial charge in [0.15, 0.2) is 0 Å². The van der Waals surface area contributed by atoms with E-state index in [-0.39, 0.29) is 23.2 Å². The molecule has 0 unspecified atom stereocenters. The van der Waals surface area contributed by atoms with Gasteiger partial charge in [-0.1, -0.05) is 6.92 Å². The number of fused-ring (bicyclic) bond motifs is 1. The lowest BCUT2D eigenvalue weighted by atomic mass is 10.0. The summed E-state index contributed by atoms with van der Waals surface area (Å²) in [4.78, 5) is 36.2. The van der Waals surface area contributed by atoms with E-state index in [1.807, 2.05) is 0 Å². The Bertz CT molecular complexity index is 602. The predicted molar refractivity (Wildman–Crippen MR) is 70.4 cm³/mol. The van der Waals surface area contributed by atoms with Gasteiger partial charge in [0.1, 0.15) is 0 Å². The molecule has 1 heterocycles. The van der Waals surface area contributed by atoms with Crippen LogP contribution in [-0.2, 0) is 0 Å². The molecule has 0 saturated heterocycles. The molecule has 1 aliphatic heterocycles. The first-order valence-electron chi connectivity index (χ1n) is 6.51. The largest absolute Gasteiger partial charge is 0.333 e. The van der Waals surface area contributed by atoms with Gasteiger partial charge in [0.05, 0.1) is 17.7 Å². The molecule has 1 N–H and O–H groups in total. The van der Waals surface area contributed by atoms with Crippen LogP contribution >= 0.6 is 0 Å². The Labute approximate surface area is 119 Å². The Morgan fingerprint density at radius 3 is 2.52 bits per heavy atom. The molecule has 1 aromatic carbocycles. The molecule has 3 amide bonds. The molecule has 0 radical (unpaired) electrons. The number of carbonyl (C=O) groups excluding carboxylic acids is 3. The topological polar surface area (TPSA) is 66.5 Å². The zero-order valence-electron chi connectivity index (χ0n) is 11.4. The van der Waals surface area contributed by atoms with Crippen LogP contribution in [0.25, 0.3) is 0 Å². The number of halogens is 2. The van der Waals surface area contributed by atoms with Gasteiger partial charge in [-0.15, -0.1) is 0 Å². The van der Waals surface area contributed by atoms with Crippen LogP contribution in [0, 0.1) is 0 Å². The Hall–Kier alpha value is -2.31. The number of hydrogen-bond acceptors (Lipinski definition) is 3. The summed E-state index contributed by atoms with van der Waals surface area (Å²) in [7, 11) is 0. The highest BCUT2D eigenvalue weighted by Gasteiger charge is 2.28. The van der Waals surface area contributed by atoms with Crippen molar-refractivity contribution in [1.82, 2.24) is 10.2 Å². The maximum atomic E-state index is 12.5. The van der Waals surface area contributed by atoms with E-state index < -0.39 is 30.7 Å². The van der Waals surface area contributed by atoms with Crippen LogP contribution in [0.4, 0.5) is 8.78 Å². The van der Waals surface area contributed by atoms with E-state index in [1.165, 1.54) is 18.2 Å². The molecule has 0 atom stereocenters. The van der Waals surface area contributed by atoms with E-state index in [9.17, 15) is 23.2 Å². The lowest BCUT2D eigenvalue weighted by Crippen LogP contribution is -2.35. The van der Waals surface area contributed by atoms with E-state index in [0.717, 1.165) is 4.90 Å². The number of nitrogens with one attached hydrogen (secondary N) is 1. The summed E-state index contributed by atoms with van der Waals surface area (Å²) in [6, 6.07) is 3.99. The highest BCUT2D eigenvalue weighted by atomic mass is 19.3. The van der Waals surface area contributed by atoms with Gasteiger partial charge in [0.25, 0.3) is 24.1 Å². The van der Waals surface area contributed by atoms with Crippen molar-refractivity contribution in [2.24, 2.45) is 0 Å². The number of nitrogens with zero attached hydrogens (tertiary/aromatic N) is 1. The summed E-state index contributed by atoms with van der Waals surface area (Å²) in [6.45, 7) is 1.32. The molecular formula is C14H14F2N2O3. The quantitative estimate of drug-likeness (QED) is 0.841. The maximum Gasteiger partial charge on any atom is 0.258 e. The minimum atomic E-state index is -2.63. The van der Waals surface area contributed by atoms with Crippen molar-refractivity contribution in [3.8, 4) is 0 Å². The molecule has 0 aliphatic carbocycles. The van der Waals surface area contributed by atoms with Crippen molar-refractivity contribution >= 4 is 17.7 Å². The molecule has 7 heteroatoms. The fourth-order valence-corrected chi connectivity index (χ4v) is 2.20. The van der Waals surface area contributed by atoms with Crippen LogP contribution in [0.15, 0.2) is 18.2 Å². The maximum absolute atomic E-state index is 12.5. The van der Waals surface area contributed by atoms with Gasteiger partial charge in [-0.25, -0.2) is 8.78 Å². The minimum Gasteiger partial charge on any atom is -0.333 e. The third-order valence-electron chi connectivity index (χ3n) is 3.12. The van der Waals surface area contributed by atoms with E-state index in [1.54, 1.807) is 6.92 Å². The average molecular weight is 296 g/mol. The molecule has 0 spiro atoms. The van der Waals surface area contributed by atoms with Gasteiger partial charge in [-0.3, -0.25) is 19.7 Å². The number of imide groups is 1. The zero-order chi connectivity index (χ0) is 15.6. The highest BCUT2D eigenvalue weighted by Crippen LogP contribution is 2.19. The smallest absolute Gasteiger partial charge is 0.258 e. The first-order chi connectivity index (χ1) is 9.93. The SMILES string of the molecule is CCCN(CC(F)F)C(=O)c1ccc2c(c1)C(=O)NC2=O. The summed E-state index contributed by atoms with van der Waals surface area (Å²) in [5.74, 6) is -1.68. The molecule has 1 aromatic rings. The lowest BCUT2D eigenvalue weighted by molar-refractivity contribution is 0.0555. The Morgan fingerprint density at radius 2 is 1.90 bits per heavy atom. The molecule has 0 aromatic heterocycles. The van der Waals surface area contributed by atoms with Crippen molar-refractivity contribution in [2.45, 2.75) is 19.8 Å². The second-order valence-corrected chi connectivity index (χ2v) is 4.69. The second-order valence-electron chi connectivity index (χ2n) is 4.69. The number of benzene rings is 1. The number of hydrogen-bond donors (Lipinski definition) is 1. The van der Waals surface area contributed by atoms with Crippen LogP contribution in [0.1, 0.15) is 44.4 Å². The van der Waals surface area contributed by atoms with Crippen LogP contribution < -0.4 is 5.32 Å². The summed E-state index contributed by atoms with van der Waals surface area (Å²) < 4.78 is 25.0. The van der Waals surface area contributed by atoms with E-state index in [2.05, 4.69) is 5.32 Å². The van der Waals surface area contributed by atoms with Gasteiger partial charge in [-0.05, 0) is 24.6 Å². The van der Waals surface area contributed by atoms with Gasteiger partial charge in [-0.2, -0.15) is 0 Å². The first kappa shape index (κ1) is 15.1. The summed E-state index contributed by atoms with van der Waals surface area (Å²) in [6.07, 6.45) is -2.08. The third kappa shape index (κ3) is 3.07. The van der Waals surface area contributed by atoms with Crippen molar-refractivity contribution in [3.05, 3.63) is 34.9 Å². The van der Waals surface area contributed by atoms with Crippen LogP contribution in [0.2, 0.25) is 0 Å². The van der Waals surface area contributed by atoms with Gasteiger partial charge in [0.2, 0.25) is 0 Å². The van der Waals surface area contributed by atoms with E-state index in [4.69, 9.17) is 0 Å². The van der Waals surface area contributed by atoms with Crippen molar-refractivity contribution < 1.29 is 23.2 Å². The van der Waals surface area contributed by atoms with Gasteiger partial charge in [0, 0.05) is 12.1 Å².